The fourth-order valence-corrected chi connectivity index (χ4v) is 3.99. The summed E-state index contributed by atoms with van der Waals surface area (Å²) in [5, 5.41) is 5.12. The van der Waals surface area contributed by atoms with Gasteiger partial charge in [0.2, 0.25) is 0 Å². The highest BCUT2D eigenvalue weighted by molar-refractivity contribution is 7.10. The van der Waals surface area contributed by atoms with Crippen molar-refractivity contribution in [1.82, 2.24) is 10.2 Å². The molecule has 2 aromatic rings. The van der Waals surface area contributed by atoms with E-state index in [0.29, 0.717) is 18.8 Å². The van der Waals surface area contributed by atoms with Crippen LogP contribution in [0, 0.1) is 5.82 Å². The monoisotopic (exact) mass is 348 g/mol. The number of halogens is 1. The molecule has 4 nitrogen and oxygen atoms in total. The Labute approximate surface area is 145 Å². The number of ether oxygens (including phenoxy) is 1. The first-order valence-electron chi connectivity index (χ1n) is 8.07. The van der Waals surface area contributed by atoms with E-state index >= 15 is 0 Å². The number of hydrogen-bond acceptors (Lipinski definition) is 4. The third-order valence-corrected chi connectivity index (χ3v) is 5.16. The molecule has 1 aliphatic rings. The van der Waals surface area contributed by atoms with Crippen molar-refractivity contribution in [3.63, 3.8) is 0 Å². The Bertz CT molecular complexity index is 654. The number of nitrogens with zero attached hydrogens (tertiary/aromatic N) is 1. The molecule has 6 heteroatoms. The number of rotatable bonds is 5. The summed E-state index contributed by atoms with van der Waals surface area (Å²) in [5.74, 6) is -0.526. The number of carbonyl (C=O) groups excluding carboxylic acids is 1. The molecule has 3 rings (SSSR count). The van der Waals surface area contributed by atoms with E-state index in [2.05, 4.69) is 21.7 Å². The molecule has 1 aromatic carbocycles. The maximum absolute atomic E-state index is 13.0. The van der Waals surface area contributed by atoms with Crippen LogP contribution >= 0.6 is 11.3 Å². The van der Waals surface area contributed by atoms with E-state index in [4.69, 9.17) is 4.74 Å². The zero-order valence-electron chi connectivity index (χ0n) is 13.6. The van der Waals surface area contributed by atoms with Gasteiger partial charge < -0.3 is 10.1 Å². The Morgan fingerprint density at radius 2 is 1.96 bits per heavy atom. The van der Waals surface area contributed by atoms with Gasteiger partial charge in [0, 0.05) is 29.6 Å². The molecule has 2 heterocycles. The molecule has 1 N–H and O–H groups in total. The molecule has 128 valence electrons. The van der Waals surface area contributed by atoms with Crippen LogP contribution in [0.15, 0.2) is 41.8 Å². The topological polar surface area (TPSA) is 41.6 Å². The summed E-state index contributed by atoms with van der Waals surface area (Å²) >= 11 is 1.69. The van der Waals surface area contributed by atoms with Gasteiger partial charge >= 0.3 is 0 Å². The fraction of sp³-hybridized carbons (Fsp3) is 0.389. The molecule has 0 saturated carbocycles. The van der Waals surface area contributed by atoms with E-state index in [0.717, 1.165) is 13.1 Å². The number of carbonyl (C=O) groups is 1. The van der Waals surface area contributed by atoms with Gasteiger partial charge in [0.25, 0.3) is 5.91 Å². The van der Waals surface area contributed by atoms with E-state index in [1.165, 1.54) is 29.1 Å². The SMILES string of the molecule is C[C@H](NC(=O)c1ccc(F)cc1)[C@@H](c1cccs1)N1CCOCC1. The number of nitrogens with one attached hydrogen (secondary N) is 1. The minimum Gasteiger partial charge on any atom is -0.379 e. The van der Waals surface area contributed by atoms with Crippen molar-refractivity contribution in [2.75, 3.05) is 26.3 Å². The van der Waals surface area contributed by atoms with Gasteiger partial charge in [-0.2, -0.15) is 0 Å². The van der Waals surface area contributed by atoms with Gasteiger partial charge in [0.1, 0.15) is 5.82 Å². The summed E-state index contributed by atoms with van der Waals surface area (Å²) in [6.45, 7) is 5.13. The molecule has 2 atom stereocenters. The van der Waals surface area contributed by atoms with Crippen LogP contribution in [0.25, 0.3) is 0 Å². The predicted octanol–water partition coefficient (Wildman–Crippen LogP) is 3.08. The van der Waals surface area contributed by atoms with Crippen molar-refractivity contribution < 1.29 is 13.9 Å². The van der Waals surface area contributed by atoms with Crippen molar-refractivity contribution in [1.29, 1.82) is 0 Å². The standard InChI is InChI=1S/C18H21FN2O2S/c1-13(20-18(22)14-4-6-15(19)7-5-14)17(16-3-2-12-24-16)21-8-10-23-11-9-21/h2-7,12-13,17H,8-11H2,1H3,(H,20,22)/t13-,17-/m0/s1. The number of thiophene rings is 1. The summed E-state index contributed by atoms with van der Waals surface area (Å²) in [7, 11) is 0. The summed E-state index contributed by atoms with van der Waals surface area (Å²) < 4.78 is 18.5. The third-order valence-electron chi connectivity index (χ3n) is 4.21. The molecule has 0 aliphatic carbocycles. The van der Waals surface area contributed by atoms with Crippen LogP contribution < -0.4 is 5.32 Å². The van der Waals surface area contributed by atoms with E-state index in [-0.39, 0.29) is 23.8 Å². The number of morpholine rings is 1. The quantitative estimate of drug-likeness (QED) is 0.903. The lowest BCUT2D eigenvalue weighted by molar-refractivity contribution is 0.00969. The van der Waals surface area contributed by atoms with Gasteiger partial charge in [0.05, 0.1) is 19.3 Å². The van der Waals surface area contributed by atoms with Crippen LogP contribution in [0.1, 0.15) is 28.2 Å². The van der Waals surface area contributed by atoms with Crippen molar-refractivity contribution >= 4 is 17.2 Å². The molecular formula is C18H21FN2O2S. The summed E-state index contributed by atoms with van der Waals surface area (Å²) in [6, 6.07) is 9.79. The molecule has 0 spiro atoms. The lowest BCUT2D eigenvalue weighted by atomic mass is 10.0. The van der Waals surface area contributed by atoms with Gasteiger partial charge in [-0.1, -0.05) is 6.07 Å². The minimum atomic E-state index is -0.343. The second-order valence-corrected chi connectivity index (χ2v) is 6.86. The first-order chi connectivity index (χ1) is 11.6. The summed E-state index contributed by atoms with van der Waals surface area (Å²) in [6.07, 6.45) is 0. The number of amides is 1. The van der Waals surface area contributed by atoms with Crippen molar-refractivity contribution in [2.45, 2.75) is 19.0 Å². The van der Waals surface area contributed by atoms with Crippen LogP contribution in [0.3, 0.4) is 0 Å². The van der Waals surface area contributed by atoms with E-state index < -0.39 is 0 Å². The minimum absolute atomic E-state index is 0.0701. The van der Waals surface area contributed by atoms with E-state index in [1.54, 1.807) is 11.3 Å². The summed E-state index contributed by atoms with van der Waals surface area (Å²) in [5.41, 5.74) is 0.468. The Morgan fingerprint density at radius 3 is 2.58 bits per heavy atom. The Balaban J connectivity index is 1.74. The highest BCUT2D eigenvalue weighted by Gasteiger charge is 2.29. The van der Waals surface area contributed by atoms with Gasteiger partial charge in [0.15, 0.2) is 0 Å². The van der Waals surface area contributed by atoms with Crippen LogP contribution in [0.2, 0.25) is 0 Å². The number of benzene rings is 1. The largest absolute Gasteiger partial charge is 0.379 e. The first-order valence-corrected chi connectivity index (χ1v) is 8.95. The Morgan fingerprint density at radius 1 is 1.25 bits per heavy atom. The van der Waals surface area contributed by atoms with Crippen molar-refractivity contribution in [2.24, 2.45) is 0 Å². The summed E-state index contributed by atoms with van der Waals surface area (Å²) in [4.78, 5) is 16.0. The number of hydrogen-bond donors (Lipinski definition) is 1. The van der Waals surface area contributed by atoms with Crippen LogP contribution in [-0.2, 0) is 4.74 Å². The fourth-order valence-electron chi connectivity index (χ4n) is 3.03. The van der Waals surface area contributed by atoms with Gasteiger partial charge in [-0.15, -0.1) is 11.3 Å². The lowest BCUT2D eigenvalue weighted by Gasteiger charge is -2.37. The average Bonchev–Trinajstić information content (AvgIpc) is 3.10. The highest BCUT2D eigenvalue weighted by atomic mass is 32.1. The molecule has 1 aromatic heterocycles. The molecule has 1 amide bonds. The van der Waals surface area contributed by atoms with Crippen molar-refractivity contribution in [3.8, 4) is 0 Å². The normalized spacial score (nSPS) is 18.1. The molecular weight excluding hydrogens is 327 g/mol. The van der Waals surface area contributed by atoms with Gasteiger partial charge in [-0.05, 0) is 42.6 Å². The molecule has 24 heavy (non-hydrogen) atoms. The molecule has 0 bridgehead atoms. The molecule has 1 saturated heterocycles. The molecule has 1 fully saturated rings. The Hall–Kier alpha value is -1.76. The van der Waals surface area contributed by atoms with E-state index in [9.17, 15) is 9.18 Å². The Kier molecular flexibility index (Phi) is 5.60. The van der Waals surface area contributed by atoms with Crippen LogP contribution in [-0.4, -0.2) is 43.2 Å². The zero-order valence-corrected chi connectivity index (χ0v) is 14.4. The van der Waals surface area contributed by atoms with Crippen LogP contribution in [0.5, 0.6) is 0 Å². The zero-order chi connectivity index (χ0) is 16.9. The third kappa shape index (κ3) is 4.01. The van der Waals surface area contributed by atoms with Gasteiger partial charge in [-0.25, -0.2) is 4.39 Å². The predicted molar refractivity (Wildman–Crippen MR) is 92.8 cm³/mol. The smallest absolute Gasteiger partial charge is 0.251 e. The van der Waals surface area contributed by atoms with Gasteiger partial charge in [-0.3, -0.25) is 9.69 Å². The molecule has 0 unspecified atom stereocenters. The maximum atomic E-state index is 13.0. The molecule has 1 aliphatic heterocycles. The highest BCUT2D eigenvalue weighted by Crippen LogP contribution is 2.29. The van der Waals surface area contributed by atoms with E-state index in [1.807, 2.05) is 13.0 Å². The second-order valence-electron chi connectivity index (χ2n) is 5.88. The first kappa shape index (κ1) is 17.1. The van der Waals surface area contributed by atoms with Crippen LogP contribution in [0.4, 0.5) is 4.39 Å². The lowest BCUT2D eigenvalue weighted by Crippen LogP contribution is -2.48. The van der Waals surface area contributed by atoms with Crippen molar-refractivity contribution in [3.05, 3.63) is 58.0 Å². The second kappa shape index (κ2) is 7.88. The maximum Gasteiger partial charge on any atom is 0.251 e. The molecule has 0 radical (unpaired) electrons. The average molecular weight is 348 g/mol.